The molecule has 1 aromatic carbocycles. The number of hydrogen-bond donors (Lipinski definition) is 1. The van der Waals surface area contributed by atoms with E-state index in [1.165, 1.54) is 0 Å². The van der Waals surface area contributed by atoms with Gasteiger partial charge in [-0.25, -0.2) is 0 Å². The molecule has 1 aliphatic heterocycles. The van der Waals surface area contributed by atoms with E-state index in [0.29, 0.717) is 18.2 Å². The van der Waals surface area contributed by atoms with Gasteiger partial charge >= 0.3 is 0 Å². The molecule has 23 heavy (non-hydrogen) atoms. The molecule has 1 saturated heterocycles. The quantitative estimate of drug-likeness (QED) is 0.910. The number of aryl methyl sites for hydroxylation is 2. The van der Waals surface area contributed by atoms with Gasteiger partial charge in [0.2, 0.25) is 0 Å². The molecule has 1 fully saturated rings. The number of para-hydroxylation sites is 1. The number of amides is 1. The second kappa shape index (κ2) is 6.93. The predicted octanol–water partition coefficient (Wildman–Crippen LogP) is 3.67. The van der Waals surface area contributed by atoms with Gasteiger partial charge in [0.25, 0.3) is 5.91 Å². The molecule has 1 amide bonds. The number of piperidine rings is 1. The number of likely N-dealkylation sites (tertiary alicyclic amines) is 1. The third-order valence-corrected chi connectivity index (χ3v) is 4.87. The molecular formula is C18H25ClN2O2. The summed E-state index contributed by atoms with van der Waals surface area (Å²) in [6.45, 7) is 7.46. The highest BCUT2D eigenvalue weighted by Gasteiger charge is 2.32. The molecule has 2 N–H and O–H groups in total. The summed E-state index contributed by atoms with van der Waals surface area (Å²) in [7, 11) is 0. The van der Waals surface area contributed by atoms with Crippen LogP contribution in [0.2, 0.25) is 0 Å². The summed E-state index contributed by atoms with van der Waals surface area (Å²) in [6, 6.07) is 6.13. The molecule has 126 valence electrons. The van der Waals surface area contributed by atoms with Gasteiger partial charge in [-0.3, -0.25) is 4.79 Å². The molecule has 2 aromatic rings. The zero-order chi connectivity index (χ0) is 15.9. The minimum absolute atomic E-state index is 0. The van der Waals surface area contributed by atoms with Gasteiger partial charge in [0.15, 0.2) is 5.76 Å². The second-order valence-corrected chi connectivity index (χ2v) is 6.53. The van der Waals surface area contributed by atoms with Crippen LogP contribution in [0.1, 0.15) is 41.4 Å². The highest BCUT2D eigenvalue weighted by Crippen LogP contribution is 2.30. The number of halogens is 1. The molecule has 3 rings (SSSR count). The molecule has 2 unspecified atom stereocenters. The Kier molecular flexibility index (Phi) is 5.37. The Labute approximate surface area is 143 Å². The number of hydrogen-bond acceptors (Lipinski definition) is 3. The van der Waals surface area contributed by atoms with Crippen molar-refractivity contribution in [3.8, 4) is 0 Å². The summed E-state index contributed by atoms with van der Waals surface area (Å²) in [6.07, 6.45) is 2.00. The van der Waals surface area contributed by atoms with E-state index in [0.717, 1.165) is 41.5 Å². The zero-order valence-electron chi connectivity index (χ0n) is 14.0. The van der Waals surface area contributed by atoms with Gasteiger partial charge in [-0.1, -0.05) is 25.1 Å². The van der Waals surface area contributed by atoms with Gasteiger partial charge in [0.1, 0.15) is 5.58 Å². The summed E-state index contributed by atoms with van der Waals surface area (Å²) in [5.41, 5.74) is 8.69. The van der Waals surface area contributed by atoms with Crippen LogP contribution in [0, 0.1) is 19.8 Å². The van der Waals surface area contributed by atoms with E-state index in [-0.39, 0.29) is 24.4 Å². The minimum atomic E-state index is -0.0181. The van der Waals surface area contributed by atoms with E-state index < -0.39 is 0 Å². The predicted molar refractivity (Wildman–Crippen MR) is 95.2 cm³/mol. The monoisotopic (exact) mass is 336 g/mol. The van der Waals surface area contributed by atoms with Crippen molar-refractivity contribution >= 4 is 29.3 Å². The molecular weight excluding hydrogens is 312 g/mol. The fourth-order valence-corrected chi connectivity index (χ4v) is 3.46. The summed E-state index contributed by atoms with van der Waals surface area (Å²) < 4.78 is 5.93. The molecule has 1 aromatic heterocycles. The maximum atomic E-state index is 13.0. The second-order valence-electron chi connectivity index (χ2n) is 6.53. The van der Waals surface area contributed by atoms with Crippen LogP contribution in [0.4, 0.5) is 0 Å². The van der Waals surface area contributed by atoms with Crippen molar-refractivity contribution in [2.24, 2.45) is 11.7 Å². The first kappa shape index (κ1) is 17.8. The maximum absolute atomic E-state index is 13.0. The van der Waals surface area contributed by atoms with E-state index in [2.05, 4.69) is 6.92 Å². The molecule has 0 bridgehead atoms. The summed E-state index contributed by atoms with van der Waals surface area (Å²) in [5, 5.41) is 1.03. The lowest BCUT2D eigenvalue weighted by atomic mass is 9.92. The van der Waals surface area contributed by atoms with Crippen molar-refractivity contribution in [3.63, 3.8) is 0 Å². The fraction of sp³-hybridized carbons (Fsp3) is 0.500. The fourth-order valence-electron chi connectivity index (χ4n) is 3.46. The van der Waals surface area contributed by atoms with Crippen molar-refractivity contribution in [3.05, 3.63) is 35.1 Å². The van der Waals surface area contributed by atoms with Gasteiger partial charge in [-0.2, -0.15) is 0 Å². The lowest BCUT2D eigenvalue weighted by Crippen LogP contribution is -2.49. The van der Waals surface area contributed by atoms with E-state index in [9.17, 15) is 4.79 Å². The highest BCUT2D eigenvalue weighted by molar-refractivity contribution is 5.99. The lowest BCUT2D eigenvalue weighted by molar-refractivity contribution is 0.0543. The van der Waals surface area contributed by atoms with Crippen molar-refractivity contribution in [2.45, 2.75) is 39.7 Å². The van der Waals surface area contributed by atoms with E-state index in [4.69, 9.17) is 10.2 Å². The van der Waals surface area contributed by atoms with Crippen molar-refractivity contribution in [1.82, 2.24) is 4.90 Å². The number of furan rings is 1. The Morgan fingerprint density at radius 2 is 2.13 bits per heavy atom. The average molecular weight is 337 g/mol. The number of rotatable bonds is 2. The third kappa shape index (κ3) is 3.10. The highest BCUT2D eigenvalue weighted by atomic mass is 35.5. The number of carbonyl (C=O) groups excluding carboxylic acids is 1. The van der Waals surface area contributed by atoms with E-state index in [1.807, 2.05) is 36.9 Å². The van der Waals surface area contributed by atoms with Crippen LogP contribution in [0.3, 0.4) is 0 Å². The van der Waals surface area contributed by atoms with E-state index in [1.54, 1.807) is 0 Å². The molecule has 0 aliphatic carbocycles. The standard InChI is InChI=1S/C18H24N2O2.ClH/c1-11-7-8-20(14(9-11)10-19)18(21)17-13(3)15-6-4-5-12(2)16(15)22-17;/h4-6,11,14H,7-10,19H2,1-3H3;1H. The first-order valence-electron chi connectivity index (χ1n) is 8.02. The Hall–Kier alpha value is -1.52. The SMILES string of the molecule is Cc1c(C(=O)N2CCC(C)CC2CN)oc2c(C)cccc12.Cl. The molecule has 5 heteroatoms. The normalized spacial score (nSPS) is 21.3. The smallest absolute Gasteiger partial charge is 0.290 e. The Bertz CT molecular complexity index is 710. The van der Waals surface area contributed by atoms with Crippen molar-refractivity contribution < 1.29 is 9.21 Å². The minimum Gasteiger partial charge on any atom is -0.450 e. The number of benzene rings is 1. The lowest BCUT2D eigenvalue weighted by Gasteiger charge is -2.37. The van der Waals surface area contributed by atoms with Gasteiger partial charge in [-0.15, -0.1) is 12.4 Å². The third-order valence-electron chi connectivity index (χ3n) is 4.87. The van der Waals surface area contributed by atoms with Crippen LogP contribution in [0.25, 0.3) is 11.0 Å². The van der Waals surface area contributed by atoms with Crippen LogP contribution in [0.15, 0.2) is 22.6 Å². The Morgan fingerprint density at radius 1 is 1.39 bits per heavy atom. The largest absolute Gasteiger partial charge is 0.450 e. The first-order chi connectivity index (χ1) is 10.5. The van der Waals surface area contributed by atoms with E-state index >= 15 is 0 Å². The van der Waals surface area contributed by atoms with Crippen LogP contribution in [0.5, 0.6) is 0 Å². The first-order valence-corrected chi connectivity index (χ1v) is 8.02. The van der Waals surface area contributed by atoms with Crippen LogP contribution in [-0.2, 0) is 0 Å². The molecule has 4 nitrogen and oxygen atoms in total. The maximum Gasteiger partial charge on any atom is 0.290 e. The van der Waals surface area contributed by atoms with Crippen LogP contribution < -0.4 is 5.73 Å². The molecule has 0 spiro atoms. The molecule has 2 heterocycles. The Morgan fingerprint density at radius 3 is 2.78 bits per heavy atom. The number of nitrogens with zero attached hydrogens (tertiary/aromatic N) is 1. The van der Waals surface area contributed by atoms with Gasteiger partial charge < -0.3 is 15.1 Å². The number of carbonyl (C=O) groups is 1. The van der Waals surface area contributed by atoms with Crippen LogP contribution in [-0.4, -0.2) is 29.9 Å². The Balaban J connectivity index is 0.00000192. The molecule has 2 atom stereocenters. The van der Waals surface area contributed by atoms with Gasteiger partial charge in [0, 0.05) is 30.1 Å². The number of nitrogens with two attached hydrogens (primary N) is 1. The summed E-state index contributed by atoms with van der Waals surface area (Å²) >= 11 is 0. The zero-order valence-corrected chi connectivity index (χ0v) is 14.8. The average Bonchev–Trinajstić information content (AvgIpc) is 2.85. The molecule has 0 saturated carbocycles. The summed E-state index contributed by atoms with van der Waals surface area (Å²) in [4.78, 5) is 14.9. The molecule has 0 radical (unpaired) electrons. The molecule has 1 aliphatic rings. The van der Waals surface area contributed by atoms with Gasteiger partial charge in [-0.05, 0) is 38.2 Å². The van der Waals surface area contributed by atoms with Crippen LogP contribution >= 0.6 is 12.4 Å². The van der Waals surface area contributed by atoms with Crippen molar-refractivity contribution in [1.29, 1.82) is 0 Å². The van der Waals surface area contributed by atoms with Crippen molar-refractivity contribution in [2.75, 3.05) is 13.1 Å². The number of fused-ring (bicyclic) bond motifs is 1. The summed E-state index contributed by atoms with van der Waals surface area (Å²) in [5.74, 6) is 1.07. The van der Waals surface area contributed by atoms with Gasteiger partial charge in [0.05, 0.1) is 0 Å². The topological polar surface area (TPSA) is 59.5 Å².